The average Bonchev–Trinajstić information content (AvgIpc) is 3.17. The Kier molecular flexibility index (Phi) is 15.0. The summed E-state index contributed by atoms with van der Waals surface area (Å²) in [7, 11) is 0. The maximum absolute atomic E-state index is 12.1. The summed E-state index contributed by atoms with van der Waals surface area (Å²) in [5.41, 5.74) is 6.42. The molecule has 3 rings (SSSR count). The van der Waals surface area contributed by atoms with Gasteiger partial charge < -0.3 is 19.9 Å². The molecule has 1 aliphatic heterocycles. The molecule has 0 atom stereocenters. The molecular formula is C30H44N2O5. The second-order valence-corrected chi connectivity index (χ2v) is 8.97. The van der Waals surface area contributed by atoms with Crippen LogP contribution in [0.4, 0.5) is 0 Å². The lowest BCUT2D eigenvalue weighted by Gasteiger charge is -2.13. The quantitative estimate of drug-likeness (QED) is 0.211. The van der Waals surface area contributed by atoms with Crippen LogP contribution in [-0.4, -0.2) is 56.2 Å². The summed E-state index contributed by atoms with van der Waals surface area (Å²) in [4.78, 5) is 25.4. The van der Waals surface area contributed by atoms with Gasteiger partial charge in [-0.15, -0.1) is 0 Å². The molecule has 1 heterocycles. The highest BCUT2D eigenvalue weighted by Crippen LogP contribution is 2.26. The lowest BCUT2D eigenvalue weighted by Crippen LogP contribution is -2.33. The lowest BCUT2D eigenvalue weighted by atomic mass is 10.1. The number of ether oxygens (including phenoxy) is 3. The summed E-state index contributed by atoms with van der Waals surface area (Å²) in [5.74, 6) is 1.19. The molecule has 2 aromatic rings. The maximum Gasteiger partial charge on any atom is 0.261 e. The van der Waals surface area contributed by atoms with E-state index in [0.29, 0.717) is 44.0 Å². The van der Waals surface area contributed by atoms with Crippen LogP contribution in [-0.2, 0) is 4.74 Å². The van der Waals surface area contributed by atoms with E-state index in [9.17, 15) is 9.59 Å². The minimum Gasteiger partial charge on any atom is -0.490 e. The van der Waals surface area contributed by atoms with Gasteiger partial charge in [-0.25, -0.2) is 0 Å². The number of carbonyl (C=O) groups is 2. The van der Waals surface area contributed by atoms with Crippen LogP contribution in [0.2, 0.25) is 0 Å². The van der Waals surface area contributed by atoms with E-state index < -0.39 is 0 Å². The molecule has 1 aliphatic rings. The Labute approximate surface area is 222 Å². The van der Waals surface area contributed by atoms with Crippen LogP contribution >= 0.6 is 0 Å². The van der Waals surface area contributed by atoms with Gasteiger partial charge in [-0.1, -0.05) is 76.6 Å². The summed E-state index contributed by atoms with van der Waals surface area (Å²) >= 11 is 0. The van der Waals surface area contributed by atoms with E-state index in [4.69, 9.17) is 19.9 Å². The zero-order valence-electron chi connectivity index (χ0n) is 22.6. The number of nitrogens with zero attached hydrogens (tertiary/aromatic N) is 1. The zero-order chi connectivity index (χ0) is 26.7. The number of fused-ring (bicyclic) bond motifs is 1. The molecule has 0 bridgehead atoms. The van der Waals surface area contributed by atoms with Crippen molar-refractivity contribution in [2.24, 2.45) is 5.73 Å². The first-order chi connectivity index (χ1) is 18.1. The maximum atomic E-state index is 12.1. The minimum atomic E-state index is -0.208. The molecule has 0 spiro atoms. The van der Waals surface area contributed by atoms with Gasteiger partial charge in [-0.3, -0.25) is 14.5 Å². The molecule has 2 amide bonds. The molecule has 2 aromatic carbocycles. The third kappa shape index (κ3) is 10.5. The highest BCUT2D eigenvalue weighted by atomic mass is 16.5. The summed E-state index contributed by atoms with van der Waals surface area (Å²) in [5, 5.41) is 0. The van der Waals surface area contributed by atoms with Gasteiger partial charge in [-0.2, -0.15) is 0 Å². The van der Waals surface area contributed by atoms with Crippen LogP contribution in [0, 0.1) is 0 Å². The van der Waals surface area contributed by atoms with E-state index in [1.807, 2.05) is 24.3 Å². The van der Waals surface area contributed by atoms with E-state index >= 15 is 0 Å². The third-order valence-corrected chi connectivity index (χ3v) is 5.96. The minimum absolute atomic E-state index is 0.208. The molecule has 0 saturated carbocycles. The third-order valence-electron chi connectivity index (χ3n) is 5.96. The van der Waals surface area contributed by atoms with Crippen molar-refractivity contribution in [1.29, 1.82) is 0 Å². The molecule has 0 radical (unpaired) electrons. The monoisotopic (exact) mass is 512 g/mol. The van der Waals surface area contributed by atoms with Crippen molar-refractivity contribution in [3.63, 3.8) is 0 Å². The number of carbonyl (C=O) groups excluding carboxylic acids is 2. The first-order valence-corrected chi connectivity index (χ1v) is 13.7. The largest absolute Gasteiger partial charge is 0.490 e. The zero-order valence-corrected chi connectivity index (χ0v) is 22.6. The predicted molar refractivity (Wildman–Crippen MR) is 147 cm³/mol. The number of hydrogen-bond acceptors (Lipinski definition) is 6. The fourth-order valence-electron chi connectivity index (χ4n) is 3.90. The number of nitrogens with two attached hydrogens (primary N) is 1. The van der Waals surface area contributed by atoms with Crippen LogP contribution in [0.25, 0.3) is 0 Å². The fraction of sp³-hybridized carbons (Fsp3) is 0.533. The summed E-state index contributed by atoms with van der Waals surface area (Å²) in [6, 6.07) is 14.7. The standard InChI is InChI=1S/C16H21NO3.C14H23NO2/c1-2-3-4-7-11-20-12-10-17-15(18)13-8-5-6-9-14(13)16(17)19;1-2-3-4-7-11-16-13-8-5-6-9-14(13)17-12-10-15/h5-6,8-9H,2-4,7,10-12H2,1H3;5-6,8-9H,2-4,7,10-12,15H2,1H3. The number of amides is 2. The molecule has 7 nitrogen and oxygen atoms in total. The van der Waals surface area contributed by atoms with E-state index in [2.05, 4.69) is 13.8 Å². The number of unbranched alkanes of at least 4 members (excludes halogenated alkanes) is 6. The smallest absolute Gasteiger partial charge is 0.261 e. The van der Waals surface area contributed by atoms with Gasteiger partial charge in [0, 0.05) is 13.2 Å². The Hall–Kier alpha value is -2.90. The molecule has 7 heteroatoms. The second-order valence-electron chi connectivity index (χ2n) is 8.97. The SMILES string of the molecule is CCCCCCOCCN1C(=O)c2ccccc2C1=O.CCCCCCOc1ccccc1OCCN. The van der Waals surface area contributed by atoms with Gasteiger partial charge in [0.1, 0.15) is 6.61 Å². The van der Waals surface area contributed by atoms with Crippen molar-refractivity contribution < 1.29 is 23.8 Å². The van der Waals surface area contributed by atoms with Crippen molar-refractivity contribution in [3.05, 3.63) is 59.7 Å². The Morgan fingerprint density at radius 3 is 1.70 bits per heavy atom. The van der Waals surface area contributed by atoms with Crippen LogP contribution in [0.3, 0.4) is 0 Å². The lowest BCUT2D eigenvalue weighted by molar-refractivity contribution is 0.0559. The van der Waals surface area contributed by atoms with Crippen molar-refractivity contribution in [2.75, 3.05) is 39.5 Å². The predicted octanol–water partition coefficient (Wildman–Crippen LogP) is 5.86. The number of benzene rings is 2. The van der Waals surface area contributed by atoms with Gasteiger partial charge in [0.05, 0.1) is 30.9 Å². The van der Waals surface area contributed by atoms with Crippen molar-refractivity contribution in [1.82, 2.24) is 4.90 Å². The number of para-hydroxylation sites is 2. The molecule has 0 saturated heterocycles. The first kappa shape index (κ1) is 30.3. The molecule has 0 fully saturated rings. The molecule has 37 heavy (non-hydrogen) atoms. The Morgan fingerprint density at radius 1 is 0.649 bits per heavy atom. The van der Waals surface area contributed by atoms with Crippen molar-refractivity contribution >= 4 is 11.8 Å². The van der Waals surface area contributed by atoms with Crippen molar-refractivity contribution in [2.45, 2.75) is 65.2 Å². The van der Waals surface area contributed by atoms with E-state index in [1.165, 1.54) is 43.4 Å². The van der Waals surface area contributed by atoms with Gasteiger partial charge in [0.25, 0.3) is 11.8 Å². The average molecular weight is 513 g/mol. The molecule has 0 aliphatic carbocycles. The highest BCUT2D eigenvalue weighted by Gasteiger charge is 2.34. The van der Waals surface area contributed by atoms with E-state index in [1.54, 1.807) is 24.3 Å². The van der Waals surface area contributed by atoms with Gasteiger partial charge in [-0.05, 0) is 37.1 Å². The van der Waals surface area contributed by atoms with Crippen LogP contribution in [0.15, 0.2) is 48.5 Å². The molecule has 0 unspecified atom stereocenters. The summed E-state index contributed by atoms with van der Waals surface area (Å²) in [6.07, 6.45) is 9.47. The number of imide groups is 1. The molecule has 2 N–H and O–H groups in total. The van der Waals surface area contributed by atoms with Crippen LogP contribution in [0.1, 0.15) is 85.9 Å². The van der Waals surface area contributed by atoms with Crippen molar-refractivity contribution in [3.8, 4) is 11.5 Å². The molecule has 204 valence electrons. The molecular weight excluding hydrogens is 468 g/mol. The number of hydrogen-bond donors (Lipinski definition) is 1. The van der Waals surface area contributed by atoms with Gasteiger partial charge in [0.15, 0.2) is 11.5 Å². The normalized spacial score (nSPS) is 12.2. The second kappa shape index (κ2) is 18.4. The van der Waals surface area contributed by atoms with Gasteiger partial charge in [0.2, 0.25) is 0 Å². The number of rotatable bonds is 17. The summed E-state index contributed by atoms with van der Waals surface area (Å²) in [6.45, 7) is 7.62. The van der Waals surface area contributed by atoms with Gasteiger partial charge >= 0.3 is 0 Å². The Morgan fingerprint density at radius 2 is 1.16 bits per heavy atom. The first-order valence-electron chi connectivity index (χ1n) is 13.7. The highest BCUT2D eigenvalue weighted by molar-refractivity contribution is 6.21. The summed E-state index contributed by atoms with van der Waals surface area (Å²) < 4.78 is 16.7. The Balaban J connectivity index is 0.000000264. The van der Waals surface area contributed by atoms with E-state index in [-0.39, 0.29) is 11.8 Å². The molecule has 0 aromatic heterocycles. The topological polar surface area (TPSA) is 91.1 Å². The fourth-order valence-corrected chi connectivity index (χ4v) is 3.90. The Bertz CT molecular complexity index is 899. The van der Waals surface area contributed by atoms with Crippen LogP contribution < -0.4 is 15.2 Å². The van der Waals surface area contributed by atoms with E-state index in [0.717, 1.165) is 30.9 Å². The van der Waals surface area contributed by atoms with Crippen LogP contribution in [0.5, 0.6) is 11.5 Å².